The first kappa shape index (κ1) is 13.4. The van der Waals surface area contributed by atoms with E-state index in [0.29, 0.717) is 11.3 Å². The third-order valence-electron chi connectivity index (χ3n) is 2.86. The molecule has 0 bridgehead atoms. The number of fused-ring (bicyclic) bond motifs is 1. The van der Waals surface area contributed by atoms with E-state index in [1.165, 1.54) is 12.3 Å². The molecule has 0 N–H and O–H groups in total. The number of benzene rings is 2. The van der Waals surface area contributed by atoms with Crippen LogP contribution >= 0.6 is 0 Å². The minimum absolute atomic E-state index is 0.0189. The molecular weight excluding hydrogens is 248 g/mol. The van der Waals surface area contributed by atoms with Gasteiger partial charge in [-0.2, -0.15) is 0 Å². The number of rotatable bonds is 3. The van der Waals surface area contributed by atoms with Crippen LogP contribution in [0.5, 0.6) is 5.75 Å². The van der Waals surface area contributed by atoms with Crippen molar-refractivity contribution in [3.8, 4) is 11.8 Å². The fraction of sp³-hybridized carbons (Fsp3) is 0.0588. The molecule has 0 aliphatic rings. The Kier molecular flexibility index (Phi) is 3.84. The van der Waals surface area contributed by atoms with Gasteiger partial charge in [0.25, 0.3) is 5.70 Å². The summed E-state index contributed by atoms with van der Waals surface area (Å²) < 4.78 is 5.38. The SMILES string of the molecule is [C-]#[N+]/C(C#N)=C\c1cc2ccc(C)cc2cc1OC=C. The smallest absolute Gasteiger partial charge is 0.262 e. The van der Waals surface area contributed by atoms with E-state index in [2.05, 4.69) is 17.5 Å². The minimum Gasteiger partial charge on any atom is -0.465 e. The summed E-state index contributed by atoms with van der Waals surface area (Å²) in [4.78, 5) is 3.17. The number of hydrogen-bond acceptors (Lipinski definition) is 2. The lowest BCUT2D eigenvalue weighted by Crippen LogP contribution is -1.88. The van der Waals surface area contributed by atoms with Crippen molar-refractivity contribution in [2.24, 2.45) is 0 Å². The summed E-state index contributed by atoms with van der Waals surface area (Å²) in [6.45, 7) is 12.5. The van der Waals surface area contributed by atoms with Gasteiger partial charge in [0.05, 0.1) is 18.9 Å². The van der Waals surface area contributed by atoms with Gasteiger partial charge in [0, 0.05) is 5.56 Å². The third-order valence-corrected chi connectivity index (χ3v) is 2.86. The van der Waals surface area contributed by atoms with E-state index >= 15 is 0 Å². The Morgan fingerprint density at radius 1 is 1.35 bits per heavy atom. The normalized spacial score (nSPS) is 10.7. The molecule has 2 rings (SSSR count). The second kappa shape index (κ2) is 5.73. The fourth-order valence-corrected chi connectivity index (χ4v) is 1.96. The van der Waals surface area contributed by atoms with Crippen molar-refractivity contribution in [1.29, 1.82) is 5.26 Å². The molecule has 20 heavy (non-hydrogen) atoms. The highest BCUT2D eigenvalue weighted by Crippen LogP contribution is 2.29. The lowest BCUT2D eigenvalue weighted by molar-refractivity contribution is 0.483. The molecule has 0 unspecified atom stereocenters. The van der Waals surface area contributed by atoms with Crippen LogP contribution in [0.1, 0.15) is 11.1 Å². The van der Waals surface area contributed by atoms with Crippen LogP contribution in [0.15, 0.2) is 48.9 Å². The average Bonchev–Trinajstić information content (AvgIpc) is 2.45. The van der Waals surface area contributed by atoms with Crippen LogP contribution in [-0.4, -0.2) is 0 Å². The summed E-state index contributed by atoms with van der Waals surface area (Å²) in [6, 6.07) is 11.7. The molecule has 0 amide bonds. The van der Waals surface area contributed by atoms with Crippen molar-refractivity contribution < 1.29 is 4.74 Å². The highest BCUT2D eigenvalue weighted by molar-refractivity contribution is 5.88. The molecule has 0 aromatic heterocycles. The maximum atomic E-state index is 8.86. The van der Waals surface area contributed by atoms with Crippen LogP contribution in [0.2, 0.25) is 0 Å². The Morgan fingerprint density at radius 2 is 2.15 bits per heavy atom. The monoisotopic (exact) mass is 260 g/mol. The van der Waals surface area contributed by atoms with Crippen molar-refractivity contribution in [2.75, 3.05) is 0 Å². The van der Waals surface area contributed by atoms with Crippen molar-refractivity contribution >= 4 is 16.8 Å². The summed E-state index contributed by atoms with van der Waals surface area (Å²) in [5.74, 6) is 0.578. The van der Waals surface area contributed by atoms with Gasteiger partial charge in [-0.15, -0.1) is 0 Å². The Morgan fingerprint density at radius 3 is 2.80 bits per heavy atom. The Bertz CT molecular complexity index is 773. The molecule has 0 spiro atoms. The van der Waals surface area contributed by atoms with E-state index in [4.69, 9.17) is 16.6 Å². The predicted molar refractivity (Wildman–Crippen MR) is 79.7 cm³/mol. The van der Waals surface area contributed by atoms with Gasteiger partial charge < -0.3 is 4.74 Å². The van der Waals surface area contributed by atoms with E-state index in [1.54, 1.807) is 0 Å². The first-order valence-electron chi connectivity index (χ1n) is 5.99. The summed E-state index contributed by atoms with van der Waals surface area (Å²) in [5, 5.41) is 10.9. The number of aryl methyl sites for hydroxylation is 1. The van der Waals surface area contributed by atoms with Gasteiger partial charge in [-0.3, -0.25) is 0 Å². The third kappa shape index (κ3) is 2.68. The summed E-state index contributed by atoms with van der Waals surface area (Å²) in [6.07, 6.45) is 2.85. The highest BCUT2D eigenvalue weighted by Gasteiger charge is 2.06. The van der Waals surface area contributed by atoms with Crippen LogP contribution in [0.4, 0.5) is 0 Å². The summed E-state index contributed by atoms with van der Waals surface area (Å²) in [7, 11) is 0. The molecule has 0 fully saturated rings. The second-order valence-corrected chi connectivity index (χ2v) is 4.28. The molecule has 0 saturated heterocycles. The summed E-state index contributed by atoms with van der Waals surface area (Å²) in [5.41, 5.74) is 1.86. The average molecular weight is 260 g/mol. The topological polar surface area (TPSA) is 37.4 Å². The van der Waals surface area contributed by atoms with Crippen LogP contribution in [-0.2, 0) is 0 Å². The van der Waals surface area contributed by atoms with E-state index < -0.39 is 0 Å². The molecule has 0 atom stereocenters. The first-order chi connectivity index (χ1) is 9.67. The van der Waals surface area contributed by atoms with Gasteiger partial charge in [-0.25, -0.2) is 10.1 Å². The lowest BCUT2D eigenvalue weighted by Gasteiger charge is -2.08. The van der Waals surface area contributed by atoms with Crippen molar-refractivity contribution in [1.82, 2.24) is 0 Å². The second-order valence-electron chi connectivity index (χ2n) is 4.28. The minimum atomic E-state index is 0.0189. The molecule has 0 aliphatic carbocycles. The molecule has 2 aromatic rings. The maximum absolute atomic E-state index is 8.86. The fourth-order valence-electron chi connectivity index (χ4n) is 1.96. The van der Waals surface area contributed by atoms with Crippen LogP contribution in [0.25, 0.3) is 21.7 Å². The van der Waals surface area contributed by atoms with E-state index in [0.717, 1.165) is 16.3 Å². The number of nitriles is 1. The number of ether oxygens (including phenoxy) is 1. The molecule has 0 radical (unpaired) electrons. The number of hydrogen-bond donors (Lipinski definition) is 0. The van der Waals surface area contributed by atoms with Crippen LogP contribution < -0.4 is 4.74 Å². The number of allylic oxidation sites excluding steroid dienone is 1. The molecular formula is C17H12N2O. The standard InChI is InChI=1S/C17H12N2O/c1-4-20-17-10-14-7-12(2)5-6-13(14)8-15(17)9-16(11-18)19-3/h4-10H,1H2,2H3/b16-9-. The van der Waals surface area contributed by atoms with Crippen molar-refractivity contribution in [3.63, 3.8) is 0 Å². The Labute approximate surface area is 117 Å². The lowest BCUT2D eigenvalue weighted by atomic mass is 10.0. The molecule has 0 saturated carbocycles. The van der Waals surface area contributed by atoms with Gasteiger partial charge >= 0.3 is 0 Å². The van der Waals surface area contributed by atoms with Crippen LogP contribution in [0, 0.1) is 24.8 Å². The zero-order chi connectivity index (χ0) is 14.5. The van der Waals surface area contributed by atoms with Gasteiger partial charge in [0.1, 0.15) is 5.75 Å². The zero-order valence-electron chi connectivity index (χ0n) is 11.1. The number of nitrogens with zero attached hydrogens (tertiary/aromatic N) is 2. The van der Waals surface area contributed by atoms with Gasteiger partial charge in [0.2, 0.25) is 0 Å². The van der Waals surface area contributed by atoms with Gasteiger partial charge in [-0.1, -0.05) is 30.3 Å². The van der Waals surface area contributed by atoms with Gasteiger partial charge in [-0.05, 0) is 35.9 Å². The van der Waals surface area contributed by atoms with E-state index in [1.807, 2.05) is 37.3 Å². The molecule has 3 nitrogen and oxygen atoms in total. The summed E-state index contributed by atoms with van der Waals surface area (Å²) >= 11 is 0. The van der Waals surface area contributed by atoms with Crippen molar-refractivity contribution in [3.05, 3.63) is 71.4 Å². The van der Waals surface area contributed by atoms with Crippen molar-refractivity contribution in [2.45, 2.75) is 6.92 Å². The quantitative estimate of drug-likeness (QED) is 0.464. The first-order valence-corrected chi connectivity index (χ1v) is 5.99. The molecule has 0 heterocycles. The maximum Gasteiger partial charge on any atom is 0.262 e. The Balaban J connectivity index is 2.69. The molecule has 96 valence electrons. The van der Waals surface area contributed by atoms with E-state index in [-0.39, 0.29) is 5.70 Å². The predicted octanol–water partition coefficient (Wildman–Crippen LogP) is 4.45. The zero-order valence-corrected chi connectivity index (χ0v) is 11.1. The Hall–Kier alpha value is -3.04. The van der Waals surface area contributed by atoms with Gasteiger partial charge in [0.15, 0.2) is 0 Å². The van der Waals surface area contributed by atoms with E-state index in [9.17, 15) is 0 Å². The molecule has 3 heteroatoms. The largest absolute Gasteiger partial charge is 0.465 e. The molecule has 2 aromatic carbocycles. The van der Waals surface area contributed by atoms with Crippen LogP contribution in [0.3, 0.4) is 0 Å². The highest BCUT2D eigenvalue weighted by atomic mass is 16.5. The molecule has 0 aliphatic heterocycles.